The van der Waals surface area contributed by atoms with Crippen molar-refractivity contribution < 1.29 is 23.7 Å². The molecule has 0 saturated carbocycles. The lowest BCUT2D eigenvalue weighted by molar-refractivity contribution is -0.722. The van der Waals surface area contributed by atoms with E-state index in [0.717, 1.165) is 0 Å². The number of amides is 2. The van der Waals surface area contributed by atoms with Crippen LogP contribution in [-0.2, 0) is 6.54 Å². The second-order valence-corrected chi connectivity index (χ2v) is 5.23. The molecule has 23 heavy (non-hydrogen) atoms. The van der Waals surface area contributed by atoms with Crippen molar-refractivity contribution in [3.8, 4) is 11.5 Å². The molecule has 0 aromatic heterocycles. The Labute approximate surface area is 133 Å². The highest BCUT2D eigenvalue weighted by Crippen LogP contribution is 2.34. The second kappa shape index (κ2) is 5.49. The summed E-state index contributed by atoms with van der Waals surface area (Å²) in [5.41, 5.74) is 0.803. The first kappa shape index (κ1) is 15.2. The lowest BCUT2D eigenvalue weighted by atomic mass is 10.1. The van der Waals surface area contributed by atoms with Crippen molar-refractivity contribution in [2.24, 2.45) is 0 Å². The minimum absolute atomic E-state index is 0.167. The van der Waals surface area contributed by atoms with E-state index in [1.165, 1.54) is 26.4 Å². The zero-order chi connectivity index (χ0) is 16.6. The molecular weight excluding hydrogens is 298 g/mol. The van der Waals surface area contributed by atoms with Gasteiger partial charge in [0.2, 0.25) is 0 Å². The number of fused-ring (bicyclic) bond motifs is 1. The third kappa shape index (κ3) is 2.28. The number of imide groups is 1. The molecule has 0 unspecified atom stereocenters. The Hall–Kier alpha value is -2.70. The van der Waals surface area contributed by atoms with Crippen molar-refractivity contribution in [1.29, 1.82) is 0 Å². The van der Waals surface area contributed by atoms with Gasteiger partial charge in [-0.3, -0.25) is 0 Å². The first-order valence-corrected chi connectivity index (χ1v) is 7.00. The molecule has 2 amide bonds. The Bertz CT molecular complexity index is 764. The summed E-state index contributed by atoms with van der Waals surface area (Å²) in [6, 6.07) is 11.2. The van der Waals surface area contributed by atoms with Crippen LogP contribution in [0.3, 0.4) is 0 Å². The number of rotatable bonds is 4. The van der Waals surface area contributed by atoms with Crippen molar-refractivity contribution in [3.63, 3.8) is 0 Å². The molecule has 2 aromatic carbocycles. The molecular formula is C17H15NO5. The van der Waals surface area contributed by atoms with Crippen LogP contribution in [0.1, 0.15) is 26.3 Å². The first-order chi connectivity index (χ1) is 11.0. The molecule has 0 bridgehead atoms. The van der Waals surface area contributed by atoms with Crippen LogP contribution in [0.5, 0.6) is 11.5 Å². The lowest BCUT2D eigenvalue weighted by Gasteiger charge is -2.32. The number of hydroxylamine groups is 3. The number of carbonyl (C=O) groups is 2. The van der Waals surface area contributed by atoms with Gasteiger partial charge < -0.3 is 14.7 Å². The summed E-state index contributed by atoms with van der Waals surface area (Å²) in [7, 11) is 2.97. The van der Waals surface area contributed by atoms with Gasteiger partial charge in [0.15, 0.2) is 0 Å². The van der Waals surface area contributed by atoms with E-state index in [-0.39, 0.29) is 17.7 Å². The molecule has 0 aliphatic carbocycles. The highest BCUT2D eigenvalue weighted by Gasteiger charge is 2.47. The normalized spacial score (nSPS) is 15.4. The van der Waals surface area contributed by atoms with Crippen LogP contribution in [-0.4, -0.2) is 30.7 Å². The number of benzene rings is 2. The molecule has 0 saturated heterocycles. The minimum Gasteiger partial charge on any atom is -0.617 e. The van der Waals surface area contributed by atoms with Crippen LogP contribution in [0.4, 0.5) is 0 Å². The van der Waals surface area contributed by atoms with Crippen molar-refractivity contribution in [3.05, 3.63) is 64.4 Å². The summed E-state index contributed by atoms with van der Waals surface area (Å²) in [6.45, 7) is -0.320. The number of carbonyl (C=O) groups excluding carboxylic acids is 2. The molecule has 1 aliphatic rings. The zero-order valence-corrected chi connectivity index (χ0v) is 12.7. The summed E-state index contributed by atoms with van der Waals surface area (Å²) in [4.78, 5) is 24.9. The van der Waals surface area contributed by atoms with E-state index in [2.05, 4.69) is 0 Å². The Morgan fingerprint density at radius 2 is 1.57 bits per heavy atom. The molecule has 2 aromatic rings. The van der Waals surface area contributed by atoms with E-state index in [0.29, 0.717) is 17.1 Å². The molecule has 1 heterocycles. The van der Waals surface area contributed by atoms with Gasteiger partial charge in [0.25, 0.3) is 0 Å². The van der Waals surface area contributed by atoms with Crippen LogP contribution in [0.2, 0.25) is 0 Å². The van der Waals surface area contributed by atoms with Crippen LogP contribution in [0.25, 0.3) is 0 Å². The maximum absolute atomic E-state index is 13.0. The minimum atomic E-state index is -1.57. The fraction of sp³-hybridized carbons (Fsp3) is 0.176. The maximum atomic E-state index is 13.0. The van der Waals surface area contributed by atoms with Crippen LogP contribution in [0.15, 0.2) is 42.5 Å². The largest absolute Gasteiger partial charge is 0.617 e. The van der Waals surface area contributed by atoms with Crippen molar-refractivity contribution in [2.45, 2.75) is 6.54 Å². The maximum Gasteiger partial charge on any atom is 0.354 e. The smallest absolute Gasteiger partial charge is 0.354 e. The molecule has 6 heteroatoms. The van der Waals surface area contributed by atoms with Crippen LogP contribution in [0, 0.1) is 5.21 Å². The Balaban J connectivity index is 2.01. The molecule has 0 fully saturated rings. The highest BCUT2D eigenvalue weighted by atomic mass is 16.6. The van der Waals surface area contributed by atoms with Crippen molar-refractivity contribution >= 4 is 11.8 Å². The number of methoxy groups -OCH3 is 2. The SMILES string of the molecule is COc1ccc(C[N+]2([O-])C(=O)c3ccccc3C2=O)c(OC)c1. The summed E-state index contributed by atoms with van der Waals surface area (Å²) in [5, 5.41) is 13.0. The lowest BCUT2D eigenvalue weighted by Crippen LogP contribution is -2.46. The van der Waals surface area contributed by atoms with Gasteiger partial charge in [0, 0.05) is 11.6 Å². The number of hydrogen-bond acceptors (Lipinski definition) is 5. The quantitative estimate of drug-likeness (QED) is 0.492. The monoisotopic (exact) mass is 313 g/mol. The molecule has 0 radical (unpaired) electrons. The first-order valence-electron chi connectivity index (χ1n) is 7.00. The number of ether oxygens (including phenoxy) is 2. The predicted molar refractivity (Wildman–Crippen MR) is 82.0 cm³/mol. The van der Waals surface area contributed by atoms with Crippen LogP contribution >= 0.6 is 0 Å². The van der Waals surface area contributed by atoms with Gasteiger partial charge in [-0.1, -0.05) is 12.1 Å². The summed E-state index contributed by atoms with van der Waals surface area (Å²) >= 11 is 0. The Kier molecular flexibility index (Phi) is 3.63. The third-order valence-electron chi connectivity index (χ3n) is 3.93. The van der Waals surface area contributed by atoms with Gasteiger partial charge >= 0.3 is 11.8 Å². The highest BCUT2D eigenvalue weighted by molar-refractivity contribution is 6.13. The van der Waals surface area contributed by atoms with E-state index in [9.17, 15) is 14.8 Å². The molecule has 3 rings (SSSR count). The van der Waals surface area contributed by atoms with Crippen LogP contribution < -0.4 is 9.47 Å². The van der Waals surface area contributed by atoms with Gasteiger partial charge in [0.05, 0.1) is 25.3 Å². The number of nitrogens with zero attached hydrogens (tertiary/aromatic N) is 1. The topological polar surface area (TPSA) is 75.7 Å². The van der Waals surface area contributed by atoms with E-state index in [4.69, 9.17) is 9.47 Å². The standard InChI is InChI=1S/C17H15NO5/c1-22-12-8-7-11(15(9-12)23-2)10-18(21)16(19)13-5-3-4-6-14(13)17(18)20/h3-9H,10H2,1-2H3. The number of hydrogen-bond donors (Lipinski definition) is 0. The van der Waals surface area contributed by atoms with Crippen molar-refractivity contribution in [2.75, 3.05) is 14.2 Å². The van der Waals surface area contributed by atoms with Gasteiger partial charge in [-0.15, -0.1) is 0 Å². The molecule has 0 atom stereocenters. The summed E-state index contributed by atoms with van der Waals surface area (Å²) in [6.07, 6.45) is 0. The second-order valence-electron chi connectivity index (χ2n) is 5.23. The fourth-order valence-electron chi connectivity index (χ4n) is 2.70. The Morgan fingerprint density at radius 3 is 2.09 bits per heavy atom. The number of quaternary nitrogens is 1. The molecule has 118 valence electrons. The average Bonchev–Trinajstić information content (AvgIpc) is 2.77. The predicted octanol–water partition coefficient (Wildman–Crippen LogP) is 2.51. The van der Waals surface area contributed by atoms with E-state index in [1.54, 1.807) is 30.3 Å². The van der Waals surface area contributed by atoms with Crippen molar-refractivity contribution in [1.82, 2.24) is 0 Å². The molecule has 6 nitrogen and oxygen atoms in total. The van der Waals surface area contributed by atoms with Gasteiger partial charge in [-0.2, -0.15) is 0 Å². The van der Waals surface area contributed by atoms with Gasteiger partial charge in [-0.05, 0) is 24.3 Å². The van der Waals surface area contributed by atoms with Gasteiger partial charge in [0.1, 0.15) is 18.0 Å². The fourth-order valence-corrected chi connectivity index (χ4v) is 2.70. The molecule has 0 spiro atoms. The molecule has 1 aliphatic heterocycles. The Morgan fingerprint density at radius 1 is 0.957 bits per heavy atom. The van der Waals surface area contributed by atoms with E-state index in [1.807, 2.05) is 0 Å². The van der Waals surface area contributed by atoms with E-state index >= 15 is 0 Å². The zero-order valence-electron chi connectivity index (χ0n) is 12.7. The summed E-state index contributed by atoms with van der Waals surface area (Å²) in [5.74, 6) is -0.536. The third-order valence-corrected chi connectivity index (χ3v) is 3.93. The van der Waals surface area contributed by atoms with Gasteiger partial charge in [-0.25, -0.2) is 14.2 Å². The summed E-state index contributed by atoms with van der Waals surface area (Å²) < 4.78 is 8.77. The van der Waals surface area contributed by atoms with E-state index < -0.39 is 16.5 Å². The average molecular weight is 313 g/mol. The molecule has 0 N–H and O–H groups in total.